The number of hydrogen-bond acceptors (Lipinski definition) is 7. The minimum atomic E-state index is -1.62. The lowest BCUT2D eigenvalue weighted by Gasteiger charge is -2.26. The predicted molar refractivity (Wildman–Crippen MR) is 125 cm³/mol. The van der Waals surface area contributed by atoms with Crippen LogP contribution < -0.4 is 27.4 Å². The molecule has 1 heterocycles. The maximum absolute atomic E-state index is 13.0. The lowest BCUT2D eigenvalue weighted by atomic mass is 10.0. The largest absolute Gasteiger partial charge is 0.480 e. The van der Waals surface area contributed by atoms with Gasteiger partial charge in [-0.25, -0.2) is 4.79 Å². The van der Waals surface area contributed by atoms with Gasteiger partial charge in [-0.2, -0.15) is 0 Å². The van der Waals surface area contributed by atoms with Gasteiger partial charge in [0.05, 0.1) is 18.6 Å². The first-order valence-electron chi connectivity index (χ1n) is 10.8. The van der Waals surface area contributed by atoms with Crippen molar-refractivity contribution in [1.29, 1.82) is 0 Å². The first kappa shape index (κ1) is 27.3. The number of aliphatic hydroxyl groups excluding tert-OH is 1. The number of fused-ring (bicyclic) bond motifs is 1. The molecule has 0 fully saturated rings. The van der Waals surface area contributed by atoms with E-state index in [0.717, 1.165) is 10.9 Å². The Morgan fingerprint density at radius 3 is 2.17 bits per heavy atom. The first-order valence-corrected chi connectivity index (χ1v) is 10.8. The molecule has 13 heteroatoms. The summed E-state index contributed by atoms with van der Waals surface area (Å²) in [6.07, 6.45) is -0.427. The third kappa shape index (κ3) is 7.52. The molecule has 13 nitrogen and oxygen atoms in total. The van der Waals surface area contributed by atoms with Crippen LogP contribution in [-0.4, -0.2) is 75.1 Å². The summed E-state index contributed by atoms with van der Waals surface area (Å²) in [5, 5.41) is 27.1. The van der Waals surface area contributed by atoms with E-state index in [4.69, 9.17) is 11.5 Å². The highest BCUT2D eigenvalue weighted by Crippen LogP contribution is 2.19. The van der Waals surface area contributed by atoms with Gasteiger partial charge in [-0.05, 0) is 25.5 Å². The molecule has 0 bridgehead atoms. The average molecular weight is 491 g/mol. The number of rotatable bonds is 12. The van der Waals surface area contributed by atoms with Crippen molar-refractivity contribution in [3.8, 4) is 0 Å². The Bertz CT molecular complexity index is 1100. The van der Waals surface area contributed by atoms with Gasteiger partial charge in [-0.3, -0.25) is 19.2 Å². The van der Waals surface area contributed by atoms with Crippen LogP contribution in [0.4, 0.5) is 0 Å². The number of aliphatic carboxylic acids is 1. The monoisotopic (exact) mass is 490 g/mol. The molecule has 5 unspecified atom stereocenters. The van der Waals surface area contributed by atoms with Crippen molar-refractivity contribution in [1.82, 2.24) is 20.9 Å². The molecule has 2 rings (SSSR count). The van der Waals surface area contributed by atoms with Gasteiger partial charge < -0.3 is 42.6 Å². The number of carbonyl (C=O) groups is 5. The number of H-pyrrole nitrogens is 1. The van der Waals surface area contributed by atoms with Gasteiger partial charge >= 0.3 is 5.97 Å². The van der Waals surface area contributed by atoms with E-state index in [1.54, 1.807) is 18.3 Å². The van der Waals surface area contributed by atoms with E-state index >= 15 is 0 Å². The number of nitrogens with two attached hydrogens (primary N) is 2. The van der Waals surface area contributed by atoms with Crippen molar-refractivity contribution in [2.75, 3.05) is 0 Å². The van der Waals surface area contributed by atoms with Crippen LogP contribution in [0.1, 0.15) is 25.8 Å². The Balaban J connectivity index is 2.33. The molecule has 0 aliphatic rings. The number of aromatic amines is 1. The third-order valence-corrected chi connectivity index (χ3v) is 5.23. The highest BCUT2D eigenvalue weighted by atomic mass is 16.4. The Kier molecular flexibility index (Phi) is 9.31. The summed E-state index contributed by atoms with van der Waals surface area (Å²) in [7, 11) is 0. The third-order valence-electron chi connectivity index (χ3n) is 5.23. The molecule has 35 heavy (non-hydrogen) atoms. The van der Waals surface area contributed by atoms with Crippen LogP contribution in [0.15, 0.2) is 30.5 Å². The van der Waals surface area contributed by atoms with Crippen molar-refractivity contribution in [2.24, 2.45) is 11.5 Å². The van der Waals surface area contributed by atoms with E-state index in [-0.39, 0.29) is 6.42 Å². The average Bonchev–Trinajstić information content (AvgIpc) is 3.18. The lowest BCUT2D eigenvalue weighted by molar-refractivity contribution is -0.143. The topological polar surface area (TPSA) is 230 Å². The maximum Gasteiger partial charge on any atom is 0.326 e. The van der Waals surface area contributed by atoms with Crippen LogP contribution in [0.5, 0.6) is 0 Å². The Morgan fingerprint density at radius 2 is 1.60 bits per heavy atom. The number of amides is 4. The molecular formula is C22H30N6O7. The molecule has 1 aromatic carbocycles. The molecule has 2 aromatic rings. The van der Waals surface area contributed by atoms with Gasteiger partial charge in [0.15, 0.2) is 0 Å². The zero-order valence-electron chi connectivity index (χ0n) is 19.3. The number of carboxylic acid groups (broad SMARTS) is 1. The number of hydrogen-bond donors (Lipinski definition) is 8. The number of carboxylic acids is 1. The van der Waals surface area contributed by atoms with Gasteiger partial charge in [0.25, 0.3) is 0 Å². The van der Waals surface area contributed by atoms with Gasteiger partial charge in [0, 0.05) is 23.5 Å². The molecule has 4 amide bonds. The van der Waals surface area contributed by atoms with Gasteiger partial charge in [-0.1, -0.05) is 18.2 Å². The summed E-state index contributed by atoms with van der Waals surface area (Å²) >= 11 is 0. The molecule has 0 saturated heterocycles. The molecule has 0 saturated carbocycles. The Labute approximate surface area is 200 Å². The summed E-state index contributed by atoms with van der Waals surface area (Å²) < 4.78 is 0. The molecule has 5 atom stereocenters. The second kappa shape index (κ2) is 11.9. The normalized spacial score (nSPS) is 15.3. The van der Waals surface area contributed by atoms with E-state index in [1.807, 2.05) is 12.1 Å². The van der Waals surface area contributed by atoms with Crippen molar-refractivity contribution in [3.05, 3.63) is 36.0 Å². The fourth-order valence-electron chi connectivity index (χ4n) is 3.35. The van der Waals surface area contributed by atoms with E-state index in [1.165, 1.54) is 13.8 Å². The van der Waals surface area contributed by atoms with Crippen LogP contribution in [0.25, 0.3) is 10.9 Å². The minimum absolute atomic E-state index is 0.0712. The standard InChI is InChI=1S/C22H30N6O7/c1-10(23)19(31)28-18(11(2)29)21(33)26-15(20(32)27-16(22(34)35)8-17(24)30)7-12-9-25-14-6-4-3-5-13(12)14/h3-6,9-11,15-16,18,25,29H,7-8,23H2,1-2H3,(H2,24,30)(H,26,33)(H,27,32)(H,28,31)(H,34,35). The highest BCUT2D eigenvalue weighted by Gasteiger charge is 2.32. The van der Waals surface area contributed by atoms with E-state index in [0.29, 0.717) is 5.56 Å². The number of para-hydroxylation sites is 1. The molecular weight excluding hydrogens is 460 g/mol. The van der Waals surface area contributed by atoms with E-state index < -0.39 is 66.3 Å². The zero-order chi connectivity index (χ0) is 26.3. The summed E-state index contributed by atoms with van der Waals surface area (Å²) in [5.74, 6) is -4.92. The number of carbonyl (C=O) groups excluding carboxylic acids is 4. The van der Waals surface area contributed by atoms with Crippen molar-refractivity contribution in [2.45, 2.75) is 57.0 Å². The first-order chi connectivity index (χ1) is 16.4. The number of aliphatic hydroxyl groups is 1. The van der Waals surface area contributed by atoms with Gasteiger partial charge in [0.2, 0.25) is 23.6 Å². The van der Waals surface area contributed by atoms with E-state index in [2.05, 4.69) is 20.9 Å². The van der Waals surface area contributed by atoms with Crippen LogP contribution in [0, 0.1) is 0 Å². The molecule has 190 valence electrons. The molecule has 0 aliphatic carbocycles. The van der Waals surface area contributed by atoms with Crippen LogP contribution in [0.2, 0.25) is 0 Å². The van der Waals surface area contributed by atoms with Crippen LogP contribution >= 0.6 is 0 Å². The van der Waals surface area contributed by atoms with Crippen molar-refractivity contribution < 1.29 is 34.2 Å². The van der Waals surface area contributed by atoms with Crippen molar-refractivity contribution in [3.63, 3.8) is 0 Å². The minimum Gasteiger partial charge on any atom is -0.480 e. The molecule has 10 N–H and O–H groups in total. The Hall–Kier alpha value is -3.97. The SMILES string of the molecule is CC(N)C(=O)NC(C(=O)NC(Cc1c[nH]c2ccccc12)C(=O)NC(CC(N)=O)C(=O)O)C(C)O. The second-order valence-electron chi connectivity index (χ2n) is 8.21. The number of nitrogens with one attached hydrogen (secondary N) is 4. The fourth-order valence-corrected chi connectivity index (χ4v) is 3.35. The lowest BCUT2D eigenvalue weighted by Crippen LogP contribution is -2.60. The highest BCUT2D eigenvalue weighted by molar-refractivity contribution is 5.95. The van der Waals surface area contributed by atoms with Gasteiger partial charge in [0.1, 0.15) is 18.1 Å². The predicted octanol–water partition coefficient (Wildman–Crippen LogP) is -2.15. The molecule has 0 aliphatic heterocycles. The second-order valence-corrected chi connectivity index (χ2v) is 8.21. The summed E-state index contributed by atoms with van der Waals surface area (Å²) in [4.78, 5) is 63.7. The summed E-state index contributed by atoms with van der Waals surface area (Å²) in [6.45, 7) is 2.66. The van der Waals surface area contributed by atoms with Gasteiger partial charge in [-0.15, -0.1) is 0 Å². The summed E-state index contributed by atoms with van der Waals surface area (Å²) in [5.41, 5.74) is 12.0. The smallest absolute Gasteiger partial charge is 0.326 e. The maximum atomic E-state index is 13.0. The van der Waals surface area contributed by atoms with E-state index in [9.17, 15) is 34.2 Å². The zero-order valence-corrected chi connectivity index (χ0v) is 19.3. The fraction of sp³-hybridized carbons (Fsp3) is 0.409. The number of aromatic nitrogens is 1. The quantitative estimate of drug-likeness (QED) is 0.163. The summed E-state index contributed by atoms with van der Waals surface area (Å²) in [6, 6.07) is 1.86. The molecule has 1 aromatic heterocycles. The van der Waals surface area contributed by atoms with Crippen LogP contribution in [-0.2, 0) is 30.4 Å². The number of benzene rings is 1. The van der Waals surface area contributed by atoms with Crippen LogP contribution in [0.3, 0.4) is 0 Å². The molecule has 0 radical (unpaired) electrons. The molecule has 0 spiro atoms. The number of primary amides is 1. The Morgan fingerprint density at radius 1 is 0.971 bits per heavy atom. The van der Waals surface area contributed by atoms with Crippen molar-refractivity contribution >= 4 is 40.5 Å².